The van der Waals surface area contributed by atoms with Crippen LogP contribution in [0.2, 0.25) is 0 Å². The lowest BCUT2D eigenvalue weighted by molar-refractivity contribution is 0.244. The molecule has 1 aromatic heterocycles. The molecule has 1 heterocycles. The number of nitrogens with one attached hydrogen (secondary N) is 1. The van der Waals surface area contributed by atoms with E-state index in [1.165, 1.54) is 4.90 Å². The summed E-state index contributed by atoms with van der Waals surface area (Å²) in [6.45, 7) is 1.64. The van der Waals surface area contributed by atoms with Gasteiger partial charge in [-0.2, -0.15) is 0 Å². The molecular weight excluding hydrogens is 284 g/mol. The van der Waals surface area contributed by atoms with Gasteiger partial charge in [0.05, 0.1) is 6.54 Å². The number of hydrogen-bond donors (Lipinski definition) is 2. The van der Waals surface area contributed by atoms with Gasteiger partial charge in [0.15, 0.2) is 0 Å². The van der Waals surface area contributed by atoms with Crippen molar-refractivity contribution in [3.63, 3.8) is 0 Å². The van der Waals surface area contributed by atoms with E-state index in [-0.39, 0.29) is 6.61 Å². The lowest BCUT2D eigenvalue weighted by Crippen LogP contribution is -2.14. The summed E-state index contributed by atoms with van der Waals surface area (Å²) in [4.78, 5) is 3.47. The third kappa shape index (κ3) is 5.46. The predicted molar refractivity (Wildman–Crippen MR) is 87.7 cm³/mol. The Morgan fingerprint density at radius 1 is 1.10 bits per heavy atom. The molecule has 1 aromatic carbocycles. The highest BCUT2D eigenvalue weighted by molar-refractivity contribution is 7.99. The molecule has 2 aromatic rings. The van der Waals surface area contributed by atoms with Crippen molar-refractivity contribution in [3.8, 4) is 0 Å². The lowest BCUT2D eigenvalue weighted by atomic mass is 10.3. The number of nitrogens with zero attached hydrogens (tertiary/aromatic N) is 1. The van der Waals surface area contributed by atoms with Gasteiger partial charge >= 0.3 is 0 Å². The Labute approximate surface area is 130 Å². The quantitative estimate of drug-likeness (QED) is 0.734. The minimum absolute atomic E-state index is 0.0567. The van der Waals surface area contributed by atoms with Crippen molar-refractivity contribution >= 4 is 17.4 Å². The molecule has 2 N–H and O–H groups in total. The van der Waals surface area contributed by atoms with Crippen LogP contribution >= 0.6 is 11.8 Å². The highest BCUT2D eigenvalue weighted by Gasteiger charge is 2.01. The average molecular weight is 306 g/mol. The van der Waals surface area contributed by atoms with Crippen LogP contribution in [0.4, 0.5) is 5.69 Å². The van der Waals surface area contributed by atoms with Crippen LogP contribution in [0.15, 0.2) is 45.7 Å². The SMILES string of the molecule is CN(C)CCSc1ccc(NCc2ccc(CO)o2)cc1. The molecule has 0 amide bonds. The number of benzene rings is 1. The van der Waals surface area contributed by atoms with Gasteiger partial charge in [0.25, 0.3) is 0 Å². The molecule has 0 spiro atoms. The Morgan fingerprint density at radius 2 is 1.81 bits per heavy atom. The Kier molecular flexibility index (Phi) is 6.17. The molecular formula is C16H22N2O2S. The minimum Gasteiger partial charge on any atom is -0.462 e. The maximum atomic E-state index is 8.95. The highest BCUT2D eigenvalue weighted by Crippen LogP contribution is 2.20. The standard InChI is InChI=1S/C16H22N2O2S/c1-18(2)9-10-21-16-7-3-13(4-8-16)17-11-14-5-6-15(12-19)20-14/h3-8,17,19H,9-12H2,1-2H3. The first-order valence-electron chi connectivity index (χ1n) is 6.97. The van der Waals surface area contributed by atoms with Crippen LogP contribution in [-0.4, -0.2) is 36.4 Å². The van der Waals surface area contributed by atoms with Crippen LogP contribution in [0.3, 0.4) is 0 Å². The molecule has 0 atom stereocenters. The molecule has 0 unspecified atom stereocenters. The Hall–Kier alpha value is -1.43. The number of thioether (sulfide) groups is 1. The molecule has 4 nitrogen and oxygen atoms in total. The summed E-state index contributed by atoms with van der Waals surface area (Å²) in [6, 6.07) is 12.1. The van der Waals surface area contributed by atoms with Crippen molar-refractivity contribution in [2.24, 2.45) is 0 Å². The van der Waals surface area contributed by atoms with Gasteiger partial charge in [-0.15, -0.1) is 11.8 Å². The monoisotopic (exact) mass is 306 g/mol. The first-order valence-corrected chi connectivity index (χ1v) is 7.96. The second-order valence-corrected chi connectivity index (χ2v) is 6.22. The molecule has 0 saturated heterocycles. The van der Waals surface area contributed by atoms with Gasteiger partial charge in [-0.1, -0.05) is 0 Å². The van der Waals surface area contributed by atoms with Crippen LogP contribution < -0.4 is 5.32 Å². The van der Waals surface area contributed by atoms with E-state index in [4.69, 9.17) is 9.52 Å². The fourth-order valence-electron chi connectivity index (χ4n) is 1.81. The lowest BCUT2D eigenvalue weighted by Gasteiger charge is -2.09. The maximum absolute atomic E-state index is 8.95. The van der Waals surface area contributed by atoms with Gasteiger partial charge in [0, 0.05) is 22.9 Å². The fraction of sp³-hybridized carbons (Fsp3) is 0.375. The Bertz CT molecular complexity index is 537. The van der Waals surface area contributed by atoms with Crippen LogP contribution in [0.5, 0.6) is 0 Å². The van der Waals surface area contributed by atoms with Crippen molar-refractivity contribution in [2.45, 2.75) is 18.0 Å². The van der Waals surface area contributed by atoms with Crippen molar-refractivity contribution in [1.29, 1.82) is 0 Å². The van der Waals surface area contributed by atoms with Gasteiger partial charge in [0.1, 0.15) is 18.1 Å². The van der Waals surface area contributed by atoms with E-state index in [1.807, 2.05) is 17.8 Å². The van der Waals surface area contributed by atoms with Gasteiger partial charge in [-0.05, 0) is 50.5 Å². The van der Waals surface area contributed by atoms with Crippen LogP contribution in [0.25, 0.3) is 0 Å². The third-order valence-corrected chi connectivity index (χ3v) is 3.99. The third-order valence-electron chi connectivity index (χ3n) is 3.00. The molecule has 0 radical (unpaired) electrons. The number of aliphatic hydroxyl groups is 1. The first-order chi connectivity index (χ1) is 10.2. The van der Waals surface area contributed by atoms with E-state index in [0.29, 0.717) is 12.3 Å². The predicted octanol–water partition coefficient (Wildman–Crippen LogP) is 3.04. The van der Waals surface area contributed by atoms with Crippen molar-refractivity contribution in [2.75, 3.05) is 31.7 Å². The van der Waals surface area contributed by atoms with E-state index < -0.39 is 0 Å². The maximum Gasteiger partial charge on any atom is 0.129 e. The molecule has 0 fully saturated rings. The molecule has 21 heavy (non-hydrogen) atoms. The summed E-state index contributed by atoms with van der Waals surface area (Å²) in [7, 11) is 4.18. The largest absolute Gasteiger partial charge is 0.462 e. The summed E-state index contributed by atoms with van der Waals surface area (Å²) in [5, 5.41) is 12.3. The van der Waals surface area contributed by atoms with Gasteiger partial charge in [-0.25, -0.2) is 0 Å². The van der Waals surface area contributed by atoms with Gasteiger partial charge < -0.3 is 19.7 Å². The summed E-state index contributed by atoms with van der Waals surface area (Å²) in [5.41, 5.74) is 1.06. The van der Waals surface area contributed by atoms with Crippen molar-refractivity contribution in [1.82, 2.24) is 4.90 Å². The molecule has 0 aliphatic carbocycles. The van der Waals surface area contributed by atoms with E-state index in [0.717, 1.165) is 23.7 Å². The molecule has 0 aliphatic heterocycles. The summed E-state index contributed by atoms with van der Waals surface area (Å²) < 4.78 is 5.43. The zero-order valence-electron chi connectivity index (χ0n) is 12.5. The van der Waals surface area contributed by atoms with Crippen LogP contribution in [0, 0.1) is 0 Å². The van der Waals surface area contributed by atoms with Gasteiger partial charge in [-0.3, -0.25) is 0 Å². The zero-order valence-corrected chi connectivity index (χ0v) is 13.3. The highest BCUT2D eigenvalue weighted by atomic mass is 32.2. The molecule has 114 valence electrons. The fourth-order valence-corrected chi connectivity index (χ4v) is 2.83. The van der Waals surface area contributed by atoms with E-state index >= 15 is 0 Å². The Balaban J connectivity index is 1.79. The normalized spacial score (nSPS) is 11.0. The second-order valence-electron chi connectivity index (χ2n) is 5.06. The van der Waals surface area contributed by atoms with E-state index in [9.17, 15) is 0 Å². The van der Waals surface area contributed by atoms with E-state index in [2.05, 4.69) is 48.6 Å². The number of aliphatic hydroxyl groups excluding tert-OH is 1. The smallest absolute Gasteiger partial charge is 0.129 e. The minimum atomic E-state index is -0.0567. The first kappa shape index (κ1) is 15.9. The average Bonchev–Trinajstić information content (AvgIpc) is 2.94. The number of furan rings is 1. The van der Waals surface area contributed by atoms with Crippen molar-refractivity contribution in [3.05, 3.63) is 47.9 Å². The van der Waals surface area contributed by atoms with E-state index in [1.54, 1.807) is 6.07 Å². The zero-order chi connectivity index (χ0) is 15.1. The Morgan fingerprint density at radius 3 is 2.43 bits per heavy atom. The van der Waals surface area contributed by atoms with Crippen LogP contribution in [-0.2, 0) is 13.2 Å². The molecule has 0 bridgehead atoms. The topological polar surface area (TPSA) is 48.6 Å². The summed E-state index contributed by atoms with van der Waals surface area (Å²) in [5.74, 6) is 2.51. The van der Waals surface area contributed by atoms with Gasteiger partial charge in [0.2, 0.25) is 0 Å². The second kappa shape index (κ2) is 8.12. The number of rotatable bonds is 8. The number of hydrogen-bond acceptors (Lipinski definition) is 5. The van der Waals surface area contributed by atoms with Crippen molar-refractivity contribution < 1.29 is 9.52 Å². The summed E-state index contributed by atoms with van der Waals surface area (Å²) >= 11 is 1.86. The number of anilines is 1. The molecule has 5 heteroatoms. The van der Waals surface area contributed by atoms with Crippen LogP contribution in [0.1, 0.15) is 11.5 Å². The summed E-state index contributed by atoms with van der Waals surface area (Å²) in [6.07, 6.45) is 0. The molecule has 2 rings (SSSR count). The molecule has 0 aliphatic rings. The molecule has 0 saturated carbocycles.